The lowest BCUT2D eigenvalue weighted by molar-refractivity contribution is 0.0923. The van der Waals surface area contributed by atoms with Gasteiger partial charge in [0.25, 0.3) is 0 Å². The molecule has 0 aliphatic rings. The standard InChI is InChI=1S/C15H32OS/c1-4-6-8-10-12-14-15(3,16-17)13-11-9-7-5-2/h17H,4-14H2,1-3H3. The molecule has 1 unspecified atom stereocenters. The van der Waals surface area contributed by atoms with Crippen molar-refractivity contribution in [3.8, 4) is 0 Å². The van der Waals surface area contributed by atoms with Crippen LogP contribution in [-0.4, -0.2) is 5.60 Å². The Morgan fingerprint density at radius 3 is 1.59 bits per heavy atom. The molecule has 0 rings (SSSR count). The van der Waals surface area contributed by atoms with Crippen LogP contribution in [0.25, 0.3) is 0 Å². The summed E-state index contributed by atoms with van der Waals surface area (Å²) in [7, 11) is 0. The third-order valence-corrected chi connectivity index (χ3v) is 4.03. The van der Waals surface area contributed by atoms with Crippen molar-refractivity contribution in [2.75, 3.05) is 0 Å². The number of rotatable bonds is 12. The molecule has 0 aromatic carbocycles. The summed E-state index contributed by atoms with van der Waals surface area (Å²) in [6.07, 6.45) is 14.3. The van der Waals surface area contributed by atoms with Crippen LogP contribution in [0, 0.1) is 0 Å². The number of hydrogen-bond acceptors (Lipinski definition) is 2. The second-order valence-corrected chi connectivity index (χ2v) is 5.70. The summed E-state index contributed by atoms with van der Waals surface area (Å²) in [4.78, 5) is 0. The van der Waals surface area contributed by atoms with E-state index < -0.39 is 0 Å². The first-order chi connectivity index (χ1) is 8.18. The summed E-state index contributed by atoms with van der Waals surface area (Å²) < 4.78 is 5.42. The minimum absolute atomic E-state index is 0.00304. The Hall–Kier alpha value is 0.310. The van der Waals surface area contributed by atoms with Crippen molar-refractivity contribution in [3.05, 3.63) is 0 Å². The molecule has 0 aliphatic heterocycles. The lowest BCUT2D eigenvalue weighted by atomic mass is 9.92. The van der Waals surface area contributed by atoms with Crippen LogP contribution in [0.5, 0.6) is 0 Å². The molecule has 2 heteroatoms. The van der Waals surface area contributed by atoms with E-state index in [9.17, 15) is 0 Å². The van der Waals surface area contributed by atoms with Crippen molar-refractivity contribution in [1.82, 2.24) is 0 Å². The molecule has 0 heterocycles. The number of unbranched alkanes of at least 4 members (excludes halogenated alkanes) is 7. The van der Waals surface area contributed by atoms with Gasteiger partial charge in [-0.3, -0.25) is 0 Å². The van der Waals surface area contributed by atoms with E-state index in [0.29, 0.717) is 0 Å². The van der Waals surface area contributed by atoms with Crippen molar-refractivity contribution < 1.29 is 4.18 Å². The predicted octanol–water partition coefficient (Wildman–Crippen LogP) is 5.94. The summed E-state index contributed by atoms with van der Waals surface area (Å²) >= 11 is 4.07. The van der Waals surface area contributed by atoms with E-state index in [-0.39, 0.29) is 5.60 Å². The van der Waals surface area contributed by atoms with Crippen molar-refractivity contribution >= 4 is 12.9 Å². The van der Waals surface area contributed by atoms with Crippen LogP contribution in [0.2, 0.25) is 0 Å². The molecule has 0 radical (unpaired) electrons. The molecule has 1 atom stereocenters. The van der Waals surface area contributed by atoms with Crippen molar-refractivity contribution in [3.63, 3.8) is 0 Å². The second kappa shape index (κ2) is 11.4. The van der Waals surface area contributed by atoms with Gasteiger partial charge in [-0.1, -0.05) is 71.6 Å². The van der Waals surface area contributed by atoms with E-state index in [1.807, 2.05) is 0 Å². The molecule has 0 saturated carbocycles. The highest BCUT2D eigenvalue weighted by Gasteiger charge is 2.23. The topological polar surface area (TPSA) is 9.23 Å². The Balaban J connectivity index is 3.61. The van der Waals surface area contributed by atoms with Crippen LogP contribution in [0.3, 0.4) is 0 Å². The molecule has 0 aromatic heterocycles. The van der Waals surface area contributed by atoms with Crippen LogP contribution >= 0.6 is 12.9 Å². The molecular weight excluding hydrogens is 228 g/mol. The number of thiol groups is 1. The monoisotopic (exact) mass is 260 g/mol. The normalized spacial score (nSPS) is 14.8. The summed E-state index contributed by atoms with van der Waals surface area (Å²) in [5, 5.41) is 0. The summed E-state index contributed by atoms with van der Waals surface area (Å²) in [5.41, 5.74) is 0.00304. The van der Waals surface area contributed by atoms with E-state index >= 15 is 0 Å². The minimum atomic E-state index is 0.00304. The van der Waals surface area contributed by atoms with Gasteiger partial charge in [0.15, 0.2) is 0 Å². The first-order valence-corrected chi connectivity index (χ1v) is 7.87. The van der Waals surface area contributed by atoms with Gasteiger partial charge in [-0.2, -0.15) is 0 Å². The average molecular weight is 260 g/mol. The lowest BCUT2D eigenvalue weighted by Crippen LogP contribution is -2.25. The minimum Gasteiger partial charge on any atom is -0.312 e. The van der Waals surface area contributed by atoms with E-state index in [0.717, 1.165) is 12.8 Å². The van der Waals surface area contributed by atoms with E-state index in [1.165, 1.54) is 57.8 Å². The second-order valence-electron chi connectivity index (χ2n) is 5.52. The van der Waals surface area contributed by atoms with Crippen LogP contribution in [0.4, 0.5) is 0 Å². The van der Waals surface area contributed by atoms with Crippen LogP contribution < -0.4 is 0 Å². The van der Waals surface area contributed by atoms with E-state index in [2.05, 4.69) is 33.7 Å². The quantitative estimate of drug-likeness (QED) is 0.260. The van der Waals surface area contributed by atoms with Gasteiger partial charge in [-0.05, 0) is 32.7 Å². The van der Waals surface area contributed by atoms with Crippen LogP contribution in [-0.2, 0) is 4.18 Å². The van der Waals surface area contributed by atoms with Crippen molar-refractivity contribution in [1.29, 1.82) is 0 Å². The first kappa shape index (κ1) is 17.3. The first-order valence-electron chi connectivity index (χ1n) is 7.51. The Labute approximate surface area is 114 Å². The summed E-state index contributed by atoms with van der Waals surface area (Å²) in [5.74, 6) is 0. The molecule has 0 fully saturated rings. The Bertz CT molecular complexity index is 161. The fourth-order valence-corrected chi connectivity index (χ4v) is 2.43. The maximum absolute atomic E-state index is 5.42. The van der Waals surface area contributed by atoms with Gasteiger partial charge in [0.05, 0.1) is 5.60 Å². The molecule has 104 valence electrons. The van der Waals surface area contributed by atoms with Gasteiger partial charge >= 0.3 is 0 Å². The fourth-order valence-electron chi connectivity index (χ4n) is 2.24. The van der Waals surface area contributed by atoms with E-state index in [1.54, 1.807) is 0 Å². The highest BCUT2D eigenvalue weighted by Crippen LogP contribution is 2.27. The van der Waals surface area contributed by atoms with Gasteiger partial charge in [-0.25, -0.2) is 0 Å². The molecule has 0 saturated heterocycles. The van der Waals surface area contributed by atoms with Crippen LogP contribution in [0.1, 0.15) is 91.4 Å². The highest BCUT2D eigenvalue weighted by molar-refractivity contribution is 7.75. The molecule has 0 amide bonds. The van der Waals surface area contributed by atoms with Gasteiger partial charge in [0.2, 0.25) is 0 Å². The molecule has 0 spiro atoms. The third kappa shape index (κ3) is 9.96. The molecule has 17 heavy (non-hydrogen) atoms. The SMILES string of the molecule is CCCCCCCC(C)(CCCCCC)OS. The fraction of sp³-hybridized carbons (Fsp3) is 1.00. The Kier molecular flexibility index (Phi) is 11.6. The predicted molar refractivity (Wildman–Crippen MR) is 80.6 cm³/mol. The maximum atomic E-state index is 5.42. The zero-order valence-corrected chi connectivity index (χ0v) is 13.0. The highest BCUT2D eigenvalue weighted by atomic mass is 32.1. The largest absolute Gasteiger partial charge is 0.312 e. The van der Waals surface area contributed by atoms with Gasteiger partial charge in [-0.15, -0.1) is 0 Å². The molecule has 0 aliphatic carbocycles. The molecular formula is C15H32OS. The smallest absolute Gasteiger partial charge is 0.0797 e. The molecule has 0 N–H and O–H groups in total. The Morgan fingerprint density at radius 1 is 0.765 bits per heavy atom. The number of hydrogen-bond donors (Lipinski definition) is 1. The molecule has 0 aromatic rings. The van der Waals surface area contributed by atoms with Gasteiger partial charge in [0.1, 0.15) is 0 Å². The molecule has 0 bridgehead atoms. The zero-order chi connectivity index (χ0) is 13.0. The van der Waals surface area contributed by atoms with E-state index in [4.69, 9.17) is 4.18 Å². The van der Waals surface area contributed by atoms with Crippen molar-refractivity contribution in [2.45, 2.75) is 97.0 Å². The third-order valence-electron chi connectivity index (χ3n) is 3.59. The zero-order valence-electron chi connectivity index (χ0n) is 12.1. The summed E-state index contributed by atoms with van der Waals surface area (Å²) in [6.45, 7) is 6.72. The molecule has 1 nitrogen and oxygen atoms in total. The van der Waals surface area contributed by atoms with Gasteiger partial charge < -0.3 is 4.18 Å². The van der Waals surface area contributed by atoms with Crippen molar-refractivity contribution in [2.24, 2.45) is 0 Å². The Morgan fingerprint density at radius 2 is 1.18 bits per heavy atom. The van der Waals surface area contributed by atoms with Gasteiger partial charge in [0, 0.05) is 0 Å². The average Bonchev–Trinajstić information content (AvgIpc) is 2.34. The lowest BCUT2D eigenvalue weighted by Gasteiger charge is -2.27. The maximum Gasteiger partial charge on any atom is 0.0797 e. The summed E-state index contributed by atoms with van der Waals surface area (Å²) in [6, 6.07) is 0. The van der Waals surface area contributed by atoms with Crippen LogP contribution in [0.15, 0.2) is 0 Å².